The van der Waals surface area contributed by atoms with Crippen molar-refractivity contribution in [3.63, 3.8) is 0 Å². The van der Waals surface area contributed by atoms with Gasteiger partial charge in [-0.15, -0.1) is 0 Å². The number of aliphatic hydroxyl groups is 1. The molecule has 5 rings (SSSR count). The summed E-state index contributed by atoms with van der Waals surface area (Å²) >= 11 is 0. The topological polar surface area (TPSA) is 82.7 Å². The van der Waals surface area contributed by atoms with E-state index in [0.29, 0.717) is 47.8 Å². The van der Waals surface area contributed by atoms with E-state index in [1.807, 2.05) is 73.6 Å². The van der Waals surface area contributed by atoms with Crippen molar-refractivity contribution in [1.82, 2.24) is 19.9 Å². The maximum Gasteiger partial charge on any atom is 0.259 e. The van der Waals surface area contributed by atoms with Crippen LogP contribution in [-0.4, -0.2) is 70.3 Å². The van der Waals surface area contributed by atoms with Gasteiger partial charge in [-0.25, -0.2) is 0 Å². The second-order valence-corrected chi connectivity index (χ2v) is 9.13. The molecule has 1 aliphatic carbocycles. The van der Waals surface area contributed by atoms with Gasteiger partial charge in [0.2, 0.25) is 5.82 Å². The Balaban J connectivity index is 1.38. The number of rotatable bonds is 4. The van der Waals surface area contributed by atoms with Gasteiger partial charge in [0.15, 0.2) is 0 Å². The minimum atomic E-state index is -0.344. The van der Waals surface area contributed by atoms with Crippen molar-refractivity contribution in [2.24, 2.45) is 11.8 Å². The van der Waals surface area contributed by atoms with Crippen LogP contribution in [0, 0.1) is 11.8 Å². The first kappa shape index (κ1) is 20.8. The zero-order chi connectivity index (χ0) is 22.2. The molecule has 1 saturated heterocycles. The van der Waals surface area contributed by atoms with Gasteiger partial charge in [-0.3, -0.25) is 4.79 Å². The van der Waals surface area contributed by atoms with E-state index in [4.69, 9.17) is 4.52 Å². The van der Waals surface area contributed by atoms with Gasteiger partial charge in [0, 0.05) is 24.7 Å². The average Bonchev–Trinajstić information content (AvgIpc) is 3.46. The van der Waals surface area contributed by atoms with Crippen LogP contribution in [0.25, 0.3) is 22.8 Å². The van der Waals surface area contributed by atoms with Crippen LogP contribution < -0.4 is 0 Å². The van der Waals surface area contributed by atoms with Crippen molar-refractivity contribution in [2.45, 2.75) is 25.0 Å². The van der Waals surface area contributed by atoms with E-state index in [-0.39, 0.29) is 18.1 Å². The second-order valence-electron chi connectivity index (χ2n) is 9.13. The Bertz CT molecular complexity index is 1100. The molecule has 7 heteroatoms. The van der Waals surface area contributed by atoms with Gasteiger partial charge < -0.3 is 19.4 Å². The normalized spacial score (nSPS) is 25.2. The summed E-state index contributed by atoms with van der Waals surface area (Å²) < 4.78 is 5.54. The van der Waals surface area contributed by atoms with Crippen LogP contribution in [0.5, 0.6) is 0 Å². The van der Waals surface area contributed by atoms with Crippen LogP contribution in [0.4, 0.5) is 0 Å². The lowest BCUT2D eigenvalue weighted by molar-refractivity contribution is 0.00940. The highest BCUT2D eigenvalue weighted by Gasteiger charge is 2.44. The molecule has 3 aromatic rings. The summed E-state index contributed by atoms with van der Waals surface area (Å²) in [5.41, 5.74) is 2.08. The first-order valence-corrected chi connectivity index (χ1v) is 11.1. The van der Waals surface area contributed by atoms with E-state index in [9.17, 15) is 9.90 Å². The summed E-state index contributed by atoms with van der Waals surface area (Å²) in [6, 6.07) is 17.2. The molecule has 4 atom stereocenters. The van der Waals surface area contributed by atoms with Crippen LogP contribution in [-0.2, 0) is 0 Å². The Morgan fingerprint density at radius 1 is 1.03 bits per heavy atom. The summed E-state index contributed by atoms with van der Waals surface area (Å²) in [5.74, 6) is 1.57. The van der Waals surface area contributed by atoms with Crippen molar-refractivity contribution in [3.05, 3.63) is 60.2 Å². The largest absolute Gasteiger partial charge is 0.391 e. The number of amides is 1. The molecule has 0 radical (unpaired) electrons. The molecule has 7 nitrogen and oxygen atoms in total. The zero-order valence-electron chi connectivity index (χ0n) is 18.4. The molecule has 2 fully saturated rings. The molecular weight excluding hydrogens is 404 g/mol. The standard InChI is InChI=1S/C25H28N4O3/c1-28(2)21-12-17-14-29(15-18(17)13-22(21)30)25(31)20-11-7-6-10-19(20)24-26-23(27-32-24)16-8-4-3-5-9-16/h3-11,17-18,21-22,30H,12-15H2,1-2H3/t17-,18+,21-,22-/m1/s1. The zero-order valence-corrected chi connectivity index (χ0v) is 18.4. The summed E-state index contributed by atoms with van der Waals surface area (Å²) in [5, 5.41) is 14.7. The van der Waals surface area contributed by atoms with Crippen molar-refractivity contribution in [2.75, 3.05) is 27.2 Å². The lowest BCUT2D eigenvalue weighted by Crippen LogP contribution is -2.46. The lowest BCUT2D eigenvalue weighted by atomic mass is 9.77. The number of carbonyl (C=O) groups excluding carboxylic acids is 1. The van der Waals surface area contributed by atoms with E-state index in [1.54, 1.807) is 0 Å². The number of nitrogens with zero attached hydrogens (tertiary/aromatic N) is 4. The third kappa shape index (κ3) is 3.82. The summed E-state index contributed by atoms with van der Waals surface area (Å²) in [6.07, 6.45) is 1.31. The van der Waals surface area contributed by atoms with E-state index >= 15 is 0 Å². The Morgan fingerprint density at radius 2 is 1.72 bits per heavy atom. The van der Waals surface area contributed by atoms with E-state index in [0.717, 1.165) is 18.4 Å². The first-order chi connectivity index (χ1) is 15.5. The maximum atomic E-state index is 13.5. The Labute approximate surface area is 187 Å². The van der Waals surface area contributed by atoms with Crippen molar-refractivity contribution in [1.29, 1.82) is 0 Å². The molecule has 166 valence electrons. The van der Waals surface area contributed by atoms with Gasteiger partial charge in [-0.05, 0) is 50.9 Å². The van der Waals surface area contributed by atoms with Crippen molar-refractivity contribution < 1.29 is 14.4 Å². The number of benzene rings is 2. The Morgan fingerprint density at radius 3 is 2.47 bits per heavy atom. The molecule has 2 aromatic carbocycles. The minimum Gasteiger partial charge on any atom is -0.391 e. The van der Waals surface area contributed by atoms with Gasteiger partial charge in [-0.2, -0.15) is 4.98 Å². The van der Waals surface area contributed by atoms with Crippen LogP contribution in [0.15, 0.2) is 59.1 Å². The predicted molar refractivity (Wildman–Crippen MR) is 121 cm³/mol. The number of hydrogen-bond acceptors (Lipinski definition) is 6. The third-order valence-corrected chi connectivity index (χ3v) is 6.91. The van der Waals surface area contributed by atoms with Crippen molar-refractivity contribution >= 4 is 5.91 Å². The Kier molecular flexibility index (Phi) is 5.53. The quantitative estimate of drug-likeness (QED) is 0.682. The predicted octanol–water partition coefficient (Wildman–Crippen LogP) is 3.18. The lowest BCUT2D eigenvalue weighted by Gasteiger charge is -2.38. The second kappa shape index (κ2) is 8.48. The van der Waals surface area contributed by atoms with Gasteiger partial charge in [0.05, 0.1) is 17.2 Å². The Hall–Kier alpha value is -3.03. The minimum absolute atomic E-state index is 0.0228. The molecule has 2 heterocycles. The number of fused-ring (bicyclic) bond motifs is 1. The van der Waals surface area contributed by atoms with Crippen LogP contribution in [0.2, 0.25) is 0 Å². The van der Waals surface area contributed by atoms with Crippen LogP contribution >= 0.6 is 0 Å². The number of aliphatic hydroxyl groups excluding tert-OH is 1. The number of aromatic nitrogens is 2. The van der Waals surface area contributed by atoms with Crippen LogP contribution in [0.1, 0.15) is 23.2 Å². The maximum absolute atomic E-state index is 13.5. The van der Waals surface area contributed by atoms with E-state index < -0.39 is 0 Å². The molecule has 1 N–H and O–H groups in total. The smallest absolute Gasteiger partial charge is 0.259 e. The molecule has 0 bridgehead atoms. The molecule has 1 aliphatic heterocycles. The summed E-state index contributed by atoms with van der Waals surface area (Å²) in [6.45, 7) is 1.39. The fourth-order valence-corrected chi connectivity index (χ4v) is 5.19. The summed E-state index contributed by atoms with van der Waals surface area (Å²) in [4.78, 5) is 22.1. The molecule has 32 heavy (non-hydrogen) atoms. The molecule has 1 saturated carbocycles. The van der Waals surface area contributed by atoms with Gasteiger partial charge in [0.1, 0.15) is 0 Å². The highest BCUT2D eigenvalue weighted by molar-refractivity contribution is 6.00. The summed E-state index contributed by atoms with van der Waals surface area (Å²) in [7, 11) is 4.02. The van der Waals surface area contributed by atoms with Gasteiger partial charge in [-0.1, -0.05) is 47.6 Å². The molecule has 1 aromatic heterocycles. The molecule has 2 aliphatic rings. The fourth-order valence-electron chi connectivity index (χ4n) is 5.19. The number of likely N-dealkylation sites (tertiary alicyclic amines) is 1. The monoisotopic (exact) mass is 432 g/mol. The van der Waals surface area contributed by atoms with E-state index in [2.05, 4.69) is 15.0 Å². The molecule has 0 unspecified atom stereocenters. The highest BCUT2D eigenvalue weighted by atomic mass is 16.5. The number of hydrogen-bond donors (Lipinski definition) is 1. The molecular formula is C25H28N4O3. The van der Waals surface area contributed by atoms with Gasteiger partial charge in [0.25, 0.3) is 11.8 Å². The number of carbonyl (C=O) groups is 1. The highest BCUT2D eigenvalue weighted by Crippen LogP contribution is 2.39. The SMILES string of the molecule is CN(C)[C@@H]1C[C@@H]2CN(C(=O)c3ccccc3-c3nc(-c4ccccc4)no3)C[C@@H]2C[C@H]1O. The van der Waals surface area contributed by atoms with E-state index in [1.165, 1.54) is 0 Å². The molecule has 1 amide bonds. The van der Waals surface area contributed by atoms with Crippen LogP contribution in [0.3, 0.4) is 0 Å². The fraction of sp³-hybridized carbons (Fsp3) is 0.400. The first-order valence-electron chi connectivity index (χ1n) is 11.1. The third-order valence-electron chi connectivity index (χ3n) is 6.91. The van der Waals surface area contributed by atoms with Crippen molar-refractivity contribution in [3.8, 4) is 22.8 Å². The van der Waals surface area contributed by atoms with Gasteiger partial charge >= 0.3 is 0 Å². The average molecular weight is 433 g/mol. The number of likely N-dealkylation sites (N-methyl/N-ethyl adjacent to an activating group) is 1. The molecule has 0 spiro atoms.